The smallest absolute Gasteiger partial charge is 0.0512 e. The molecular formula is C11H23NO. The van der Waals surface area contributed by atoms with Crippen LogP contribution in [0, 0.1) is 5.92 Å². The van der Waals surface area contributed by atoms with Crippen LogP contribution < -0.4 is 0 Å². The fourth-order valence-electron chi connectivity index (χ4n) is 2.29. The lowest BCUT2D eigenvalue weighted by Crippen LogP contribution is -2.28. The summed E-state index contributed by atoms with van der Waals surface area (Å²) in [5.41, 5.74) is 0. The molecule has 78 valence electrons. The summed E-state index contributed by atoms with van der Waals surface area (Å²) in [7, 11) is 0. The van der Waals surface area contributed by atoms with Crippen LogP contribution >= 0.6 is 0 Å². The largest absolute Gasteiger partial charge is 0.393 e. The fourth-order valence-corrected chi connectivity index (χ4v) is 2.29. The van der Waals surface area contributed by atoms with Gasteiger partial charge in [0.25, 0.3) is 0 Å². The van der Waals surface area contributed by atoms with Crippen molar-refractivity contribution in [2.45, 2.75) is 52.2 Å². The van der Waals surface area contributed by atoms with Gasteiger partial charge in [-0.2, -0.15) is 0 Å². The first kappa shape index (κ1) is 11.0. The zero-order chi connectivity index (χ0) is 9.84. The highest BCUT2D eigenvalue weighted by atomic mass is 16.3. The Balaban J connectivity index is 2.14. The standard InChI is InChI=1S/C11H23NO/c1-9-7-10(2)12(8-9)6-4-5-11(3)13/h9-11,13H,4-8H2,1-3H3. The maximum Gasteiger partial charge on any atom is 0.0512 e. The van der Waals surface area contributed by atoms with Crippen molar-refractivity contribution in [1.82, 2.24) is 4.90 Å². The van der Waals surface area contributed by atoms with E-state index in [0.717, 1.165) is 31.3 Å². The average Bonchev–Trinajstić information content (AvgIpc) is 2.29. The number of rotatable bonds is 4. The Labute approximate surface area is 81.9 Å². The van der Waals surface area contributed by atoms with Crippen LogP contribution in [-0.4, -0.2) is 35.2 Å². The molecule has 1 aliphatic rings. The second kappa shape index (κ2) is 4.97. The van der Waals surface area contributed by atoms with E-state index < -0.39 is 0 Å². The molecule has 0 saturated carbocycles. The van der Waals surface area contributed by atoms with Gasteiger partial charge in [0, 0.05) is 12.6 Å². The van der Waals surface area contributed by atoms with Crippen LogP contribution in [0.5, 0.6) is 0 Å². The fraction of sp³-hybridized carbons (Fsp3) is 1.00. The molecule has 0 aromatic rings. The van der Waals surface area contributed by atoms with Crippen LogP contribution in [0.1, 0.15) is 40.0 Å². The molecule has 2 nitrogen and oxygen atoms in total. The zero-order valence-corrected chi connectivity index (χ0v) is 9.16. The average molecular weight is 185 g/mol. The molecule has 2 heteroatoms. The van der Waals surface area contributed by atoms with Crippen molar-refractivity contribution in [2.75, 3.05) is 13.1 Å². The number of aliphatic hydroxyl groups is 1. The van der Waals surface area contributed by atoms with Crippen molar-refractivity contribution < 1.29 is 5.11 Å². The molecule has 1 N–H and O–H groups in total. The molecule has 0 aromatic heterocycles. The molecule has 1 fully saturated rings. The number of hydrogen-bond acceptors (Lipinski definition) is 2. The number of aliphatic hydroxyl groups excluding tert-OH is 1. The van der Waals surface area contributed by atoms with Crippen molar-refractivity contribution in [3.8, 4) is 0 Å². The van der Waals surface area contributed by atoms with Crippen molar-refractivity contribution in [1.29, 1.82) is 0 Å². The molecule has 13 heavy (non-hydrogen) atoms. The highest BCUT2D eigenvalue weighted by molar-refractivity contribution is 4.79. The van der Waals surface area contributed by atoms with Gasteiger partial charge in [0.05, 0.1) is 6.10 Å². The monoisotopic (exact) mass is 185 g/mol. The normalized spacial score (nSPS) is 32.3. The Morgan fingerprint density at radius 3 is 2.62 bits per heavy atom. The van der Waals surface area contributed by atoms with E-state index in [0.29, 0.717) is 0 Å². The van der Waals surface area contributed by atoms with Gasteiger partial charge in [-0.3, -0.25) is 0 Å². The first-order valence-corrected chi connectivity index (χ1v) is 5.51. The van der Waals surface area contributed by atoms with E-state index in [9.17, 15) is 0 Å². The van der Waals surface area contributed by atoms with Gasteiger partial charge in [0.1, 0.15) is 0 Å². The molecule has 0 bridgehead atoms. The van der Waals surface area contributed by atoms with Gasteiger partial charge in [-0.25, -0.2) is 0 Å². The number of nitrogens with zero attached hydrogens (tertiary/aromatic N) is 1. The van der Waals surface area contributed by atoms with Crippen LogP contribution in [0.2, 0.25) is 0 Å². The van der Waals surface area contributed by atoms with Crippen LogP contribution in [-0.2, 0) is 0 Å². The zero-order valence-electron chi connectivity index (χ0n) is 9.16. The minimum atomic E-state index is -0.129. The van der Waals surface area contributed by atoms with Gasteiger partial charge in [0.2, 0.25) is 0 Å². The summed E-state index contributed by atoms with van der Waals surface area (Å²) in [6.45, 7) is 8.92. The van der Waals surface area contributed by atoms with E-state index in [1.807, 2.05) is 6.92 Å². The lowest BCUT2D eigenvalue weighted by molar-refractivity contribution is 0.169. The first-order chi connectivity index (χ1) is 6.09. The molecule has 1 aliphatic heterocycles. The molecule has 1 heterocycles. The Morgan fingerprint density at radius 2 is 2.15 bits per heavy atom. The number of likely N-dealkylation sites (tertiary alicyclic amines) is 1. The summed E-state index contributed by atoms with van der Waals surface area (Å²) in [5.74, 6) is 0.863. The van der Waals surface area contributed by atoms with Gasteiger partial charge in [-0.1, -0.05) is 6.92 Å². The molecule has 3 unspecified atom stereocenters. The summed E-state index contributed by atoms with van der Waals surface area (Å²) < 4.78 is 0. The summed E-state index contributed by atoms with van der Waals surface area (Å²) in [4.78, 5) is 2.55. The van der Waals surface area contributed by atoms with Crippen LogP contribution in [0.4, 0.5) is 0 Å². The third-order valence-electron chi connectivity index (χ3n) is 2.98. The second-order valence-electron chi connectivity index (χ2n) is 4.68. The third kappa shape index (κ3) is 3.65. The molecule has 1 rings (SSSR count). The van der Waals surface area contributed by atoms with E-state index in [1.165, 1.54) is 13.0 Å². The highest BCUT2D eigenvalue weighted by Gasteiger charge is 2.25. The highest BCUT2D eigenvalue weighted by Crippen LogP contribution is 2.22. The summed E-state index contributed by atoms with van der Waals surface area (Å²) in [6.07, 6.45) is 3.29. The predicted molar refractivity (Wildman–Crippen MR) is 55.7 cm³/mol. The predicted octanol–water partition coefficient (Wildman–Crippen LogP) is 1.88. The Morgan fingerprint density at radius 1 is 1.46 bits per heavy atom. The second-order valence-corrected chi connectivity index (χ2v) is 4.68. The molecule has 0 aromatic carbocycles. The minimum absolute atomic E-state index is 0.129. The molecule has 0 aliphatic carbocycles. The maximum atomic E-state index is 9.13. The molecule has 0 amide bonds. The topological polar surface area (TPSA) is 23.5 Å². The van der Waals surface area contributed by atoms with Crippen molar-refractivity contribution in [3.05, 3.63) is 0 Å². The van der Waals surface area contributed by atoms with Crippen LogP contribution in [0.25, 0.3) is 0 Å². The lowest BCUT2D eigenvalue weighted by Gasteiger charge is -2.20. The maximum absolute atomic E-state index is 9.13. The molecular weight excluding hydrogens is 162 g/mol. The molecule has 3 atom stereocenters. The van der Waals surface area contributed by atoms with Crippen molar-refractivity contribution in [2.24, 2.45) is 5.92 Å². The van der Waals surface area contributed by atoms with Gasteiger partial charge in [-0.05, 0) is 45.6 Å². The Bertz CT molecular complexity index is 147. The first-order valence-electron chi connectivity index (χ1n) is 5.51. The van der Waals surface area contributed by atoms with Crippen LogP contribution in [0.15, 0.2) is 0 Å². The molecule has 1 saturated heterocycles. The van der Waals surface area contributed by atoms with E-state index >= 15 is 0 Å². The van der Waals surface area contributed by atoms with Gasteiger partial charge in [-0.15, -0.1) is 0 Å². The van der Waals surface area contributed by atoms with Gasteiger partial charge < -0.3 is 10.0 Å². The lowest BCUT2D eigenvalue weighted by atomic mass is 10.1. The Hall–Kier alpha value is -0.0800. The Kier molecular flexibility index (Phi) is 4.20. The van der Waals surface area contributed by atoms with E-state index in [-0.39, 0.29) is 6.10 Å². The quantitative estimate of drug-likeness (QED) is 0.723. The summed E-state index contributed by atoms with van der Waals surface area (Å²) in [6, 6.07) is 0.754. The van der Waals surface area contributed by atoms with E-state index in [4.69, 9.17) is 5.11 Å². The summed E-state index contributed by atoms with van der Waals surface area (Å²) >= 11 is 0. The number of hydrogen-bond donors (Lipinski definition) is 1. The van der Waals surface area contributed by atoms with Gasteiger partial charge >= 0.3 is 0 Å². The summed E-state index contributed by atoms with van der Waals surface area (Å²) in [5, 5.41) is 9.13. The third-order valence-corrected chi connectivity index (χ3v) is 2.98. The van der Waals surface area contributed by atoms with E-state index in [1.54, 1.807) is 0 Å². The van der Waals surface area contributed by atoms with E-state index in [2.05, 4.69) is 18.7 Å². The molecule has 0 radical (unpaired) electrons. The minimum Gasteiger partial charge on any atom is -0.393 e. The molecule has 0 spiro atoms. The van der Waals surface area contributed by atoms with Crippen molar-refractivity contribution in [3.63, 3.8) is 0 Å². The van der Waals surface area contributed by atoms with Crippen molar-refractivity contribution >= 4 is 0 Å². The van der Waals surface area contributed by atoms with Gasteiger partial charge in [0.15, 0.2) is 0 Å². The SMILES string of the molecule is CC(O)CCCN1CC(C)CC1C. The van der Waals surface area contributed by atoms with Crippen LogP contribution in [0.3, 0.4) is 0 Å².